The Morgan fingerprint density at radius 3 is 2.07 bits per heavy atom. The Hall–Kier alpha value is -3.40. The van der Waals surface area contributed by atoms with Gasteiger partial charge in [-0.05, 0) is 63.3 Å². The summed E-state index contributed by atoms with van der Waals surface area (Å²) < 4.78 is 5.40. The number of carbonyl (C=O) groups is 6. The minimum absolute atomic E-state index is 0.166. The first-order chi connectivity index (χ1) is 19.9. The fraction of sp³-hybridized carbons (Fsp3) is 0.538. The average molecular weight is 722 g/mol. The summed E-state index contributed by atoms with van der Waals surface area (Å²) in [5.41, 5.74) is 5.74. The van der Waals surface area contributed by atoms with Crippen LogP contribution in [0.25, 0.3) is 0 Å². The second-order valence-electron chi connectivity index (χ2n) is 9.33. The molecule has 1 rings (SSSR count). The summed E-state index contributed by atoms with van der Waals surface area (Å²) in [6.45, 7) is 1.64. The van der Waals surface area contributed by atoms with Crippen molar-refractivity contribution in [3.63, 3.8) is 0 Å². The summed E-state index contributed by atoms with van der Waals surface area (Å²) in [7, 11) is 0. The van der Waals surface area contributed by atoms with Crippen LogP contribution in [-0.2, 0) is 23.9 Å². The number of carbonyl (C=O) groups excluding carboxylic acids is 5. The van der Waals surface area contributed by atoms with E-state index in [1.807, 2.05) is 0 Å². The summed E-state index contributed by atoms with van der Waals surface area (Å²) in [5.74, 6) is -2.02. The molecule has 0 heterocycles. The summed E-state index contributed by atoms with van der Waals surface area (Å²) >= 11 is 6.55. The number of alkyl halides is 2. The van der Waals surface area contributed by atoms with E-state index in [0.29, 0.717) is 47.7 Å². The Balaban J connectivity index is 2.52. The van der Waals surface area contributed by atoms with Crippen LogP contribution in [0.15, 0.2) is 24.3 Å². The number of carboxylic acid groups (broad SMARTS) is 1. The monoisotopic (exact) mass is 720 g/mol. The van der Waals surface area contributed by atoms with E-state index in [2.05, 4.69) is 58.4 Å². The third kappa shape index (κ3) is 16.1. The Labute approximate surface area is 260 Å². The van der Waals surface area contributed by atoms with Crippen LogP contribution in [-0.4, -0.2) is 76.8 Å². The van der Waals surface area contributed by atoms with Crippen molar-refractivity contribution < 1.29 is 38.6 Å². The van der Waals surface area contributed by atoms with Gasteiger partial charge >= 0.3 is 18.1 Å². The number of hydrogen-bond donors (Lipinski definition) is 7. The molecule has 2 atom stereocenters. The fourth-order valence-corrected chi connectivity index (χ4v) is 5.13. The molecule has 0 bridgehead atoms. The molecule has 0 aliphatic carbocycles. The summed E-state index contributed by atoms with van der Waals surface area (Å²) in [6, 6.07) is 4.20. The topological polar surface area (TPSA) is 218 Å². The van der Waals surface area contributed by atoms with Gasteiger partial charge in [0.05, 0.1) is 18.6 Å². The van der Waals surface area contributed by atoms with Gasteiger partial charge in [0, 0.05) is 35.0 Å². The second kappa shape index (κ2) is 20.5. The van der Waals surface area contributed by atoms with E-state index in [0.717, 1.165) is 0 Å². The molecule has 1 aromatic carbocycles. The number of halogens is 2. The van der Waals surface area contributed by atoms with E-state index in [1.165, 1.54) is 24.3 Å². The molecule has 8 N–H and O–H groups in total. The third-order valence-corrected chi connectivity index (χ3v) is 7.32. The molecule has 0 saturated heterocycles. The SMILES string of the molecule is CC(CCCCC(=O)NCC(=O)NC(CCCNC(N)=O)C(=O)Nc1ccc(NC(=O)O)cc1)OC(=O)C(CBr)CBr. The summed E-state index contributed by atoms with van der Waals surface area (Å²) in [5, 5.41) is 22.1. The Morgan fingerprint density at radius 1 is 0.881 bits per heavy atom. The van der Waals surface area contributed by atoms with Crippen LogP contribution in [0.5, 0.6) is 0 Å². The maximum Gasteiger partial charge on any atom is 0.409 e. The molecule has 0 aliphatic heterocycles. The Kier molecular flexibility index (Phi) is 17.9. The number of unbranched alkanes of at least 4 members (excludes halogenated alkanes) is 1. The second-order valence-corrected chi connectivity index (χ2v) is 10.6. The van der Waals surface area contributed by atoms with Crippen molar-refractivity contribution in [1.82, 2.24) is 16.0 Å². The molecule has 2 unspecified atom stereocenters. The Morgan fingerprint density at radius 2 is 1.50 bits per heavy atom. The van der Waals surface area contributed by atoms with E-state index >= 15 is 0 Å². The molecule has 14 nitrogen and oxygen atoms in total. The van der Waals surface area contributed by atoms with Gasteiger partial charge < -0.3 is 36.8 Å². The quantitative estimate of drug-likeness (QED) is 0.0638. The zero-order chi connectivity index (χ0) is 31.5. The minimum atomic E-state index is -1.23. The molecule has 42 heavy (non-hydrogen) atoms. The molecular weight excluding hydrogens is 684 g/mol. The molecular formula is C26H38Br2N6O8. The molecule has 0 fully saturated rings. The van der Waals surface area contributed by atoms with Crippen molar-refractivity contribution in [2.45, 2.75) is 57.6 Å². The summed E-state index contributed by atoms with van der Waals surface area (Å²) in [4.78, 5) is 71.3. The van der Waals surface area contributed by atoms with E-state index in [1.54, 1.807) is 6.92 Å². The smallest absolute Gasteiger partial charge is 0.409 e. The maximum atomic E-state index is 12.9. The van der Waals surface area contributed by atoms with Crippen molar-refractivity contribution in [1.29, 1.82) is 0 Å². The predicted octanol–water partition coefficient (Wildman–Crippen LogP) is 2.66. The third-order valence-electron chi connectivity index (χ3n) is 5.76. The van der Waals surface area contributed by atoms with E-state index < -0.39 is 30.0 Å². The van der Waals surface area contributed by atoms with Gasteiger partial charge in [-0.25, -0.2) is 9.59 Å². The first-order valence-corrected chi connectivity index (χ1v) is 15.5. The molecule has 6 amide bonds. The number of anilines is 2. The number of nitrogens with two attached hydrogens (primary N) is 1. The normalized spacial score (nSPS) is 12.0. The predicted molar refractivity (Wildman–Crippen MR) is 164 cm³/mol. The van der Waals surface area contributed by atoms with Crippen LogP contribution in [0.2, 0.25) is 0 Å². The highest BCUT2D eigenvalue weighted by Crippen LogP contribution is 2.15. The lowest BCUT2D eigenvalue weighted by atomic mass is 10.1. The number of ether oxygens (including phenoxy) is 1. The van der Waals surface area contributed by atoms with Gasteiger partial charge in [-0.2, -0.15) is 0 Å². The van der Waals surface area contributed by atoms with Gasteiger partial charge in [0.1, 0.15) is 6.04 Å². The van der Waals surface area contributed by atoms with E-state index in [4.69, 9.17) is 15.6 Å². The van der Waals surface area contributed by atoms with Crippen molar-refractivity contribution in [2.75, 3.05) is 34.4 Å². The van der Waals surface area contributed by atoms with Crippen LogP contribution in [0, 0.1) is 5.92 Å². The Bertz CT molecular complexity index is 1060. The first kappa shape index (κ1) is 36.6. The highest BCUT2D eigenvalue weighted by molar-refractivity contribution is 9.09. The zero-order valence-corrected chi connectivity index (χ0v) is 26.4. The molecule has 16 heteroatoms. The largest absolute Gasteiger partial charge is 0.465 e. The number of benzene rings is 1. The van der Waals surface area contributed by atoms with E-state index in [-0.39, 0.29) is 49.8 Å². The van der Waals surface area contributed by atoms with Crippen molar-refractivity contribution in [3.8, 4) is 0 Å². The van der Waals surface area contributed by atoms with Crippen molar-refractivity contribution in [2.24, 2.45) is 11.7 Å². The van der Waals surface area contributed by atoms with Gasteiger partial charge in [0.2, 0.25) is 17.7 Å². The highest BCUT2D eigenvalue weighted by atomic mass is 79.9. The van der Waals surface area contributed by atoms with Crippen molar-refractivity contribution >= 4 is 79.0 Å². The van der Waals surface area contributed by atoms with Gasteiger partial charge in [-0.15, -0.1) is 0 Å². The molecule has 0 saturated carbocycles. The molecule has 1 aromatic rings. The lowest BCUT2D eigenvalue weighted by molar-refractivity contribution is -0.151. The number of urea groups is 1. The van der Waals surface area contributed by atoms with Gasteiger partial charge in [0.15, 0.2) is 0 Å². The number of amides is 6. The van der Waals surface area contributed by atoms with Crippen LogP contribution in [0.4, 0.5) is 21.0 Å². The van der Waals surface area contributed by atoms with Crippen LogP contribution in [0.3, 0.4) is 0 Å². The van der Waals surface area contributed by atoms with Crippen LogP contribution in [0.1, 0.15) is 45.4 Å². The lowest BCUT2D eigenvalue weighted by Crippen LogP contribution is -2.47. The summed E-state index contributed by atoms with van der Waals surface area (Å²) in [6.07, 6.45) is 0.937. The fourth-order valence-electron chi connectivity index (χ4n) is 3.53. The molecule has 0 radical (unpaired) electrons. The molecule has 0 aliphatic rings. The van der Waals surface area contributed by atoms with Crippen LogP contribution < -0.4 is 32.3 Å². The van der Waals surface area contributed by atoms with Crippen molar-refractivity contribution in [3.05, 3.63) is 24.3 Å². The average Bonchev–Trinajstić information content (AvgIpc) is 2.92. The number of primary amides is 1. The minimum Gasteiger partial charge on any atom is -0.465 e. The van der Waals surface area contributed by atoms with E-state index in [9.17, 15) is 28.8 Å². The van der Waals surface area contributed by atoms with Gasteiger partial charge in [-0.3, -0.25) is 24.5 Å². The van der Waals surface area contributed by atoms with Gasteiger partial charge in [-0.1, -0.05) is 31.9 Å². The van der Waals surface area contributed by atoms with Crippen LogP contribution >= 0.6 is 31.9 Å². The number of esters is 1. The zero-order valence-electron chi connectivity index (χ0n) is 23.3. The van der Waals surface area contributed by atoms with Gasteiger partial charge in [0.25, 0.3) is 0 Å². The molecule has 0 spiro atoms. The number of rotatable bonds is 19. The lowest BCUT2D eigenvalue weighted by Gasteiger charge is -2.19. The molecule has 0 aromatic heterocycles. The number of nitrogens with one attached hydrogen (secondary N) is 5. The maximum absolute atomic E-state index is 12.9. The first-order valence-electron chi connectivity index (χ1n) is 13.3. The number of hydrogen-bond acceptors (Lipinski definition) is 7. The molecule has 234 valence electrons. The standard InChI is InChI=1S/C26H38Br2N6O8/c1-16(42-24(38)17(13-27)14-28)5-2-3-7-21(35)31-15-22(36)34-20(6-4-12-30-25(29)39)23(37)32-18-8-10-19(11-9-18)33-26(40)41/h8-11,16-17,20,33H,2-7,12-15H2,1H3,(H,31,35)(H,32,37)(H,34,36)(H,40,41)(H3,29,30,39). The highest BCUT2D eigenvalue weighted by Gasteiger charge is 2.22.